The molecule has 0 aliphatic heterocycles. The lowest BCUT2D eigenvalue weighted by molar-refractivity contribution is 0.327. The molecule has 0 unspecified atom stereocenters. The van der Waals surface area contributed by atoms with E-state index >= 15 is 0 Å². The van der Waals surface area contributed by atoms with E-state index in [1.807, 2.05) is 23.9 Å². The largest absolute Gasteiger partial charge is 0.378 e. The molecule has 2 aromatic heterocycles. The second kappa shape index (κ2) is 6.37. The zero-order valence-corrected chi connectivity index (χ0v) is 16.5. The van der Waals surface area contributed by atoms with Crippen LogP contribution in [0.1, 0.15) is 26.5 Å². The summed E-state index contributed by atoms with van der Waals surface area (Å²) in [6, 6.07) is 4.06. The lowest BCUT2D eigenvalue weighted by Crippen LogP contribution is -2.16. The summed E-state index contributed by atoms with van der Waals surface area (Å²) >= 11 is 9.79. The van der Waals surface area contributed by atoms with Crippen LogP contribution in [0.2, 0.25) is 5.02 Å². The summed E-state index contributed by atoms with van der Waals surface area (Å²) in [6.07, 6.45) is 1.79. The molecule has 0 saturated carbocycles. The summed E-state index contributed by atoms with van der Waals surface area (Å²) in [5.74, 6) is 0. The van der Waals surface area contributed by atoms with Crippen LogP contribution in [0.15, 0.2) is 22.8 Å². The maximum Gasteiger partial charge on any atom is 0.129 e. The van der Waals surface area contributed by atoms with Crippen molar-refractivity contribution >= 4 is 44.3 Å². The molecule has 0 aliphatic carbocycles. The first kappa shape index (κ1) is 17.2. The average molecular weight is 412 g/mol. The summed E-state index contributed by atoms with van der Waals surface area (Å²) in [4.78, 5) is 0. The van der Waals surface area contributed by atoms with Crippen LogP contribution >= 0.6 is 27.5 Å². The minimum atomic E-state index is 0.139. The molecule has 0 radical (unpaired) electrons. The number of fused-ring (bicyclic) bond motifs is 1. The number of nitrogens with one attached hydrogen (secondary N) is 1. The van der Waals surface area contributed by atoms with Gasteiger partial charge in [-0.2, -0.15) is 5.10 Å². The molecule has 3 aromatic rings. The molecule has 3 rings (SSSR count). The van der Waals surface area contributed by atoms with E-state index in [0.717, 1.165) is 33.4 Å². The van der Waals surface area contributed by atoms with Crippen molar-refractivity contribution in [1.29, 1.82) is 0 Å². The molecule has 2 heterocycles. The second-order valence-corrected chi connectivity index (χ2v) is 8.25. The average Bonchev–Trinajstić information content (AvgIpc) is 3.00. The predicted octanol–water partition coefficient (Wildman–Crippen LogP) is 4.24. The molecule has 24 heavy (non-hydrogen) atoms. The van der Waals surface area contributed by atoms with Gasteiger partial charge in [-0.1, -0.05) is 37.6 Å². The van der Waals surface area contributed by atoms with Crippen molar-refractivity contribution in [1.82, 2.24) is 24.8 Å². The number of benzene rings is 1. The fourth-order valence-electron chi connectivity index (χ4n) is 2.51. The van der Waals surface area contributed by atoms with Crippen molar-refractivity contribution in [3.8, 4) is 0 Å². The third kappa shape index (κ3) is 3.57. The lowest BCUT2D eigenvalue weighted by Gasteiger charge is -2.18. The first-order valence-corrected chi connectivity index (χ1v) is 8.85. The highest BCUT2D eigenvalue weighted by Crippen LogP contribution is 2.31. The number of halogens is 2. The van der Waals surface area contributed by atoms with Gasteiger partial charge in [0.15, 0.2) is 0 Å². The van der Waals surface area contributed by atoms with E-state index in [0.29, 0.717) is 11.6 Å². The molecule has 0 bridgehead atoms. The van der Waals surface area contributed by atoms with E-state index in [1.165, 1.54) is 0 Å². The van der Waals surface area contributed by atoms with Crippen molar-refractivity contribution in [2.24, 2.45) is 12.5 Å². The third-order valence-electron chi connectivity index (χ3n) is 3.55. The third-order valence-corrected chi connectivity index (χ3v) is 4.67. The van der Waals surface area contributed by atoms with Gasteiger partial charge in [0.1, 0.15) is 11.2 Å². The molecular formula is C16H20BrClN6. The van der Waals surface area contributed by atoms with Gasteiger partial charge in [0.25, 0.3) is 0 Å². The van der Waals surface area contributed by atoms with E-state index in [4.69, 9.17) is 11.6 Å². The Labute approximate surface area is 154 Å². The highest BCUT2D eigenvalue weighted by atomic mass is 79.9. The minimum Gasteiger partial charge on any atom is -0.378 e. The van der Waals surface area contributed by atoms with Gasteiger partial charge in [0.05, 0.1) is 27.2 Å². The van der Waals surface area contributed by atoms with Crippen LogP contribution < -0.4 is 5.32 Å². The van der Waals surface area contributed by atoms with Crippen molar-refractivity contribution in [2.75, 3.05) is 5.32 Å². The Balaban J connectivity index is 1.85. The van der Waals surface area contributed by atoms with Gasteiger partial charge in [-0.15, -0.1) is 5.10 Å². The summed E-state index contributed by atoms with van der Waals surface area (Å²) in [6.45, 7) is 7.90. The first-order valence-electron chi connectivity index (χ1n) is 7.68. The Kier molecular flexibility index (Phi) is 4.57. The molecule has 1 N–H and O–H groups in total. The van der Waals surface area contributed by atoms with Crippen molar-refractivity contribution in [3.63, 3.8) is 0 Å². The van der Waals surface area contributed by atoms with E-state index in [-0.39, 0.29) is 5.41 Å². The first-order chi connectivity index (χ1) is 11.2. The van der Waals surface area contributed by atoms with Crippen LogP contribution in [-0.4, -0.2) is 24.8 Å². The molecule has 0 amide bonds. The zero-order chi connectivity index (χ0) is 17.5. The van der Waals surface area contributed by atoms with Crippen molar-refractivity contribution < 1.29 is 0 Å². The van der Waals surface area contributed by atoms with E-state index < -0.39 is 0 Å². The molecule has 0 fully saturated rings. The summed E-state index contributed by atoms with van der Waals surface area (Å²) in [7, 11) is 1.85. The quantitative estimate of drug-likeness (QED) is 0.697. The fraction of sp³-hybridized carbons (Fsp3) is 0.438. The molecule has 0 atom stereocenters. The standard InChI is InChI=1S/C16H20BrClN6/c1-16(2,3)9-24-13-6-5-11(14(17)15(13)20-22-24)19-7-12-10(18)8-23(4)21-12/h5-6,8,19H,7,9H2,1-4H3. The molecule has 6 nitrogen and oxygen atoms in total. The topological polar surface area (TPSA) is 60.6 Å². The fourth-order valence-corrected chi connectivity index (χ4v) is 3.31. The highest BCUT2D eigenvalue weighted by Gasteiger charge is 2.17. The van der Waals surface area contributed by atoms with Gasteiger partial charge in [-0.3, -0.25) is 4.68 Å². The molecule has 0 spiro atoms. The van der Waals surface area contributed by atoms with Gasteiger partial charge < -0.3 is 5.32 Å². The van der Waals surface area contributed by atoms with Crippen molar-refractivity contribution in [3.05, 3.63) is 33.5 Å². The van der Waals surface area contributed by atoms with Crippen LogP contribution in [0.5, 0.6) is 0 Å². The monoisotopic (exact) mass is 410 g/mol. The maximum atomic E-state index is 6.15. The SMILES string of the molecule is Cn1cc(Cl)c(CNc2ccc3c(nnn3CC(C)(C)C)c2Br)n1. The van der Waals surface area contributed by atoms with Crippen molar-refractivity contribution in [2.45, 2.75) is 33.9 Å². The number of aromatic nitrogens is 5. The van der Waals surface area contributed by atoms with Gasteiger partial charge in [-0.05, 0) is 33.5 Å². The van der Waals surface area contributed by atoms with Crippen LogP contribution in [0.4, 0.5) is 5.69 Å². The Hall–Kier alpha value is -1.60. The number of anilines is 1. The molecule has 1 aromatic carbocycles. The van der Waals surface area contributed by atoms with Crippen LogP contribution in [0.25, 0.3) is 11.0 Å². The smallest absolute Gasteiger partial charge is 0.129 e. The van der Waals surface area contributed by atoms with E-state index in [9.17, 15) is 0 Å². The van der Waals surface area contributed by atoms with Crippen LogP contribution in [0.3, 0.4) is 0 Å². The highest BCUT2D eigenvalue weighted by molar-refractivity contribution is 9.10. The molecule has 0 saturated heterocycles. The Morgan fingerprint density at radius 3 is 2.67 bits per heavy atom. The molecule has 0 aliphatic rings. The lowest BCUT2D eigenvalue weighted by atomic mass is 9.97. The summed E-state index contributed by atoms with van der Waals surface area (Å²) in [5, 5.41) is 16.9. The van der Waals surface area contributed by atoms with E-state index in [1.54, 1.807) is 10.9 Å². The van der Waals surface area contributed by atoms with Crippen LogP contribution in [-0.2, 0) is 20.1 Å². The predicted molar refractivity (Wildman–Crippen MR) is 100 cm³/mol. The molecule has 128 valence electrons. The Bertz CT molecular complexity index is 877. The number of nitrogens with zero attached hydrogens (tertiary/aromatic N) is 5. The number of hydrogen-bond donors (Lipinski definition) is 1. The maximum absolute atomic E-state index is 6.15. The number of rotatable bonds is 4. The number of hydrogen-bond acceptors (Lipinski definition) is 4. The van der Waals surface area contributed by atoms with Gasteiger partial charge in [0, 0.05) is 19.8 Å². The minimum absolute atomic E-state index is 0.139. The Morgan fingerprint density at radius 1 is 1.29 bits per heavy atom. The second-order valence-electron chi connectivity index (χ2n) is 7.05. The molecule has 8 heteroatoms. The normalized spacial score (nSPS) is 12.1. The summed E-state index contributed by atoms with van der Waals surface area (Å²) in [5.41, 5.74) is 3.74. The Morgan fingerprint density at radius 2 is 2.04 bits per heavy atom. The van der Waals surface area contributed by atoms with Gasteiger partial charge in [-0.25, -0.2) is 4.68 Å². The number of aryl methyl sites for hydroxylation is 1. The van der Waals surface area contributed by atoms with E-state index in [2.05, 4.69) is 57.4 Å². The van der Waals surface area contributed by atoms with Crippen LogP contribution in [0, 0.1) is 5.41 Å². The van der Waals surface area contributed by atoms with Gasteiger partial charge >= 0.3 is 0 Å². The molecular weight excluding hydrogens is 392 g/mol. The van der Waals surface area contributed by atoms with Gasteiger partial charge in [0.2, 0.25) is 0 Å². The summed E-state index contributed by atoms with van der Waals surface area (Å²) < 4.78 is 4.54. The zero-order valence-electron chi connectivity index (χ0n) is 14.1.